The maximum atomic E-state index is 12.5. The Bertz CT molecular complexity index is 700. The van der Waals surface area contributed by atoms with Crippen molar-refractivity contribution < 1.29 is 23.5 Å². The monoisotopic (exact) mass is 362 g/mol. The first-order valence-electron chi connectivity index (χ1n) is 9.08. The van der Waals surface area contributed by atoms with Gasteiger partial charge in [-0.1, -0.05) is 0 Å². The Balaban J connectivity index is 1.29. The quantitative estimate of drug-likeness (QED) is 0.836. The predicted molar refractivity (Wildman–Crippen MR) is 89.3 cm³/mol. The molecule has 3 amide bonds. The molecule has 3 heterocycles. The molecule has 26 heavy (non-hydrogen) atoms. The second-order valence-corrected chi connectivity index (χ2v) is 6.92. The van der Waals surface area contributed by atoms with Gasteiger partial charge in [-0.15, -0.1) is 0 Å². The van der Waals surface area contributed by atoms with E-state index in [1.807, 2.05) is 0 Å². The van der Waals surface area contributed by atoms with Crippen LogP contribution in [0.4, 0.5) is 6.01 Å². The van der Waals surface area contributed by atoms with E-state index in [2.05, 4.69) is 10.3 Å². The van der Waals surface area contributed by atoms with Gasteiger partial charge in [0.1, 0.15) is 12.4 Å². The van der Waals surface area contributed by atoms with Crippen LogP contribution in [0.5, 0.6) is 0 Å². The number of ether oxygens (including phenoxy) is 1. The molecule has 3 fully saturated rings. The van der Waals surface area contributed by atoms with E-state index in [0.29, 0.717) is 32.8 Å². The first kappa shape index (κ1) is 17.0. The normalized spacial score (nSPS) is 23.2. The summed E-state index contributed by atoms with van der Waals surface area (Å²) >= 11 is 0. The van der Waals surface area contributed by atoms with Crippen molar-refractivity contribution in [2.75, 3.05) is 38.1 Å². The lowest BCUT2D eigenvalue weighted by molar-refractivity contribution is -0.142. The number of hydrogen-bond acceptors (Lipinski definition) is 6. The molecule has 0 bridgehead atoms. The fourth-order valence-corrected chi connectivity index (χ4v) is 3.25. The SMILES string of the molecule is O=C(Nc1nc(C(=O)N2CCN(C(=O)C3CCCO3)CC2)co1)C1CC1. The predicted octanol–water partition coefficient (Wildman–Crippen LogP) is 0.486. The number of amides is 3. The zero-order valence-electron chi connectivity index (χ0n) is 14.5. The smallest absolute Gasteiger partial charge is 0.302 e. The molecule has 0 spiro atoms. The van der Waals surface area contributed by atoms with E-state index < -0.39 is 0 Å². The molecule has 140 valence electrons. The molecule has 0 aromatic carbocycles. The summed E-state index contributed by atoms with van der Waals surface area (Å²) in [5, 5.41) is 2.58. The molecule has 1 atom stereocenters. The summed E-state index contributed by atoms with van der Waals surface area (Å²) in [5.41, 5.74) is 0.162. The minimum Gasteiger partial charge on any atom is -0.431 e. The number of carbonyl (C=O) groups excluding carboxylic acids is 3. The topological polar surface area (TPSA) is 105 Å². The summed E-state index contributed by atoms with van der Waals surface area (Å²) in [7, 11) is 0. The zero-order chi connectivity index (χ0) is 18.1. The highest BCUT2D eigenvalue weighted by Gasteiger charge is 2.33. The van der Waals surface area contributed by atoms with Crippen LogP contribution in [-0.4, -0.2) is 71.4 Å². The van der Waals surface area contributed by atoms with Crippen molar-refractivity contribution in [2.45, 2.75) is 31.8 Å². The number of hydrogen-bond donors (Lipinski definition) is 1. The summed E-state index contributed by atoms with van der Waals surface area (Å²) in [5.74, 6) is -0.325. The van der Waals surface area contributed by atoms with E-state index in [4.69, 9.17) is 9.15 Å². The minimum atomic E-state index is -0.328. The number of carbonyl (C=O) groups is 3. The number of nitrogens with one attached hydrogen (secondary N) is 1. The summed E-state index contributed by atoms with van der Waals surface area (Å²) in [6, 6.07) is 0.0532. The lowest BCUT2D eigenvalue weighted by atomic mass is 10.2. The average Bonchev–Trinajstić information content (AvgIpc) is 3.18. The largest absolute Gasteiger partial charge is 0.431 e. The van der Waals surface area contributed by atoms with Gasteiger partial charge >= 0.3 is 6.01 Å². The molecule has 2 aliphatic heterocycles. The lowest BCUT2D eigenvalue weighted by Gasteiger charge is -2.35. The standard InChI is InChI=1S/C17H22N4O5/c22-14(11-3-4-11)19-17-18-12(10-26-17)15(23)20-5-7-21(8-6-20)16(24)13-2-1-9-25-13/h10-11,13H,1-9H2,(H,18,19,22). The van der Waals surface area contributed by atoms with Crippen LogP contribution in [0, 0.1) is 5.92 Å². The second-order valence-electron chi connectivity index (χ2n) is 6.92. The summed E-state index contributed by atoms with van der Waals surface area (Å²) < 4.78 is 10.6. The number of anilines is 1. The molecule has 1 aromatic rings. The maximum Gasteiger partial charge on any atom is 0.302 e. The Morgan fingerprint density at radius 2 is 1.81 bits per heavy atom. The van der Waals surface area contributed by atoms with Crippen LogP contribution >= 0.6 is 0 Å². The van der Waals surface area contributed by atoms with Crippen molar-refractivity contribution in [2.24, 2.45) is 5.92 Å². The third-order valence-electron chi connectivity index (χ3n) is 4.99. The van der Waals surface area contributed by atoms with Crippen molar-refractivity contribution in [3.05, 3.63) is 12.0 Å². The first-order chi connectivity index (χ1) is 12.6. The fourth-order valence-electron chi connectivity index (χ4n) is 3.25. The first-order valence-corrected chi connectivity index (χ1v) is 9.08. The van der Waals surface area contributed by atoms with Crippen LogP contribution in [0.3, 0.4) is 0 Å². The Hall–Kier alpha value is -2.42. The molecule has 9 heteroatoms. The van der Waals surface area contributed by atoms with E-state index in [-0.39, 0.29) is 41.5 Å². The molecule has 2 saturated heterocycles. The second kappa shape index (κ2) is 7.06. The summed E-state index contributed by atoms with van der Waals surface area (Å²) in [4.78, 5) is 44.1. The molecule has 1 unspecified atom stereocenters. The molecule has 3 aliphatic rings. The molecule has 1 aliphatic carbocycles. The number of oxazole rings is 1. The summed E-state index contributed by atoms with van der Waals surface area (Å²) in [6.45, 7) is 2.48. The lowest BCUT2D eigenvalue weighted by Crippen LogP contribution is -2.52. The highest BCUT2D eigenvalue weighted by molar-refractivity contribution is 5.95. The van der Waals surface area contributed by atoms with Gasteiger partial charge in [-0.2, -0.15) is 4.98 Å². The average molecular weight is 362 g/mol. The van der Waals surface area contributed by atoms with Gasteiger partial charge in [-0.05, 0) is 25.7 Å². The van der Waals surface area contributed by atoms with Crippen molar-refractivity contribution in [1.82, 2.24) is 14.8 Å². The van der Waals surface area contributed by atoms with Crippen LogP contribution < -0.4 is 5.32 Å². The van der Waals surface area contributed by atoms with Gasteiger partial charge in [0.15, 0.2) is 5.69 Å². The van der Waals surface area contributed by atoms with Crippen molar-refractivity contribution in [1.29, 1.82) is 0 Å². The number of rotatable bonds is 4. The Morgan fingerprint density at radius 1 is 1.08 bits per heavy atom. The van der Waals surface area contributed by atoms with Gasteiger partial charge in [0.25, 0.3) is 11.8 Å². The van der Waals surface area contributed by atoms with Crippen LogP contribution in [-0.2, 0) is 14.3 Å². The molecule has 1 N–H and O–H groups in total. The van der Waals surface area contributed by atoms with Crippen LogP contribution in [0.1, 0.15) is 36.2 Å². The van der Waals surface area contributed by atoms with Gasteiger partial charge in [0.2, 0.25) is 5.91 Å². The third kappa shape index (κ3) is 3.57. The van der Waals surface area contributed by atoms with Gasteiger partial charge in [-0.25, -0.2) is 0 Å². The molecule has 1 saturated carbocycles. The van der Waals surface area contributed by atoms with Crippen molar-refractivity contribution in [3.8, 4) is 0 Å². The molecular weight excluding hydrogens is 340 g/mol. The number of piperazine rings is 1. The van der Waals surface area contributed by atoms with Crippen LogP contribution in [0.15, 0.2) is 10.7 Å². The van der Waals surface area contributed by atoms with Gasteiger partial charge < -0.3 is 19.0 Å². The molecule has 1 aromatic heterocycles. The van der Waals surface area contributed by atoms with Gasteiger partial charge in [-0.3, -0.25) is 19.7 Å². The van der Waals surface area contributed by atoms with E-state index in [1.165, 1.54) is 6.26 Å². The van der Waals surface area contributed by atoms with E-state index in [0.717, 1.165) is 25.7 Å². The number of aromatic nitrogens is 1. The highest BCUT2D eigenvalue weighted by Crippen LogP contribution is 2.30. The highest BCUT2D eigenvalue weighted by atomic mass is 16.5. The van der Waals surface area contributed by atoms with Crippen LogP contribution in [0.25, 0.3) is 0 Å². The van der Waals surface area contributed by atoms with Crippen LogP contribution in [0.2, 0.25) is 0 Å². The van der Waals surface area contributed by atoms with Crippen molar-refractivity contribution in [3.63, 3.8) is 0 Å². The Morgan fingerprint density at radius 3 is 2.46 bits per heavy atom. The summed E-state index contributed by atoms with van der Waals surface area (Å²) in [6.07, 6.45) is 4.38. The maximum absolute atomic E-state index is 12.5. The van der Waals surface area contributed by atoms with Gasteiger partial charge in [0.05, 0.1) is 0 Å². The van der Waals surface area contributed by atoms with E-state index in [1.54, 1.807) is 9.80 Å². The number of nitrogens with zero attached hydrogens (tertiary/aromatic N) is 3. The Kier molecular flexibility index (Phi) is 4.62. The molecular formula is C17H22N4O5. The zero-order valence-corrected chi connectivity index (χ0v) is 14.5. The molecule has 9 nitrogen and oxygen atoms in total. The fraction of sp³-hybridized carbons (Fsp3) is 0.647. The van der Waals surface area contributed by atoms with Gasteiger partial charge in [0, 0.05) is 38.7 Å². The molecule has 4 rings (SSSR count). The third-order valence-corrected chi connectivity index (χ3v) is 4.99. The van der Waals surface area contributed by atoms with E-state index in [9.17, 15) is 14.4 Å². The Labute approximate surface area is 150 Å². The van der Waals surface area contributed by atoms with Crippen molar-refractivity contribution >= 4 is 23.7 Å². The van der Waals surface area contributed by atoms with E-state index >= 15 is 0 Å². The minimum absolute atomic E-state index is 0.0149. The molecule has 0 radical (unpaired) electrons.